The Balaban J connectivity index is -0.0000000800. The molecule has 5 heteroatoms. The second-order valence-electron chi connectivity index (χ2n) is 0.835. The molecule has 7 heavy (non-hydrogen) atoms. The van der Waals surface area contributed by atoms with Crippen LogP contribution in [0.1, 0.15) is 0 Å². The summed E-state index contributed by atoms with van der Waals surface area (Å²) in [6.07, 6.45) is 0. The third-order valence-electron chi connectivity index (χ3n) is 0. The average Bonchev–Trinajstić information content (AvgIpc) is 0.722. The Morgan fingerprint density at radius 2 is 1.43 bits per heavy atom. The number of hydrogen-bond acceptors (Lipinski definition) is 1. The molecule has 0 heterocycles. The smallest absolute Gasteiger partial charge is 0.358 e. The van der Waals surface area contributed by atoms with Gasteiger partial charge in [0.2, 0.25) is 0 Å². The van der Waals surface area contributed by atoms with Crippen molar-refractivity contribution in [3.8, 4) is 0 Å². The van der Waals surface area contributed by atoms with E-state index in [1.807, 2.05) is 0 Å². The summed E-state index contributed by atoms with van der Waals surface area (Å²) in [5, 5.41) is 0. The van der Waals surface area contributed by atoms with Crippen LogP contribution in [0.5, 0.6) is 0 Å². The zero-order valence-electron chi connectivity index (χ0n) is 4.75. The summed E-state index contributed by atoms with van der Waals surface area (Å²) < 4.78 is 9.33. The monoisotopic (exact) mass is 134 g/mol. The van der Waals surface area contributed by atoms with Crippen LogP contribution in [0.3, 0.4) is 0 Å². The van der Waals surface area contributed by atoms with Crippen LogP contribution < -0.4 is 29.6 Å². The second kappa shape index (κ2) is 5.29. The summed E-state index contributed by atoms with van der Waals surface area (Å²) in [6.45, 7) is 0.854. The topological polar surface area (TPSA) is 57.5 Å². The molecule has 0 aromatic heterocycles. The van der Waals surface area contributed by atoms with Gasteiger partial charge in [0.05, 0.1) is 0 Å². The molecule has 0 aromatic rings. The van der Waals surface area contributed by atoms with E-state index in [0.717, 1.165) is 6.66 Å². The molecule has 2 N–H and O–H groups in total. The van der Waals surface area contributed by atoms with E-state index in [9.17, 15) is 4.57 Å². The Morgan fingerprint density at radius 1 is 1.43 bits per heavy atom. The van der Waals surface area contributed by atoms with Gasteiger partial charge >= 0.3 is 37.2 Å². The van der Waals surface area contributed by atoms with E-state index in [4.69, 9.17) is 9.79 Å². The van der Waals surface area contributed by atoms with Gasteiger partial charge < -0.3 is 17.2 Å². The third-order valence-corrected chi connectivity index (χ3v) is 0. The molecule has 40 valence electrons. The van der Waals surface area contributed by atoms with Crippen LogP contribution in [0.2, 0.25) is 0 Å². The molecule has 0 bridgehead atoms. The zero-order valence-corrected chi connectivity index (χ0v) is 7.64. The Kier molecular flexibility index (Phi) is 11.9. The molecule has 3 nitrogen and oxygen atoms in total. The molecule has 0 rings (SSSR count). The molecule has 0 aromatic carbocycles. The summed E-state index contributed by atoms with van der Waals surface area (Å²) in [5.74, 6) is 0. The first kappa shape index (κ1) is 15.7. The minimum Gasteiger partial charge on any atom is -0.358 e. The van der Waals surface area contributed by atoms with Crippen LogP contribution in [0.4, 0.5) is 0 Å². The van der Waals surface area contributed by atoms with Crippen molar-refractivity contribution >= 4 is 7.60 Å². The third kappa shape index (κ3) is 143. The Labute approximate surface area is 65.6 Å². The Bertz CT molecular complexity index is 59.1. The van der Waals surface area contributed by atoms with Gasteiger partial charge in [0.15, 0.2) is 0 Å². The fourth-order valence-corrected chi connectivity index (χ4v) is 0. The van der Waals surface area contributed by atoms with Gasteiger partial charge in [-0.2, -0.15) is 0 Å². The fraction of sp³-hybridized carbons (Fsp3) is 0.500. The fourth-order valence-electron chi connectivity index (χ4n) is 0. The minimum atomic E-state index is -3.64. The molecule has 0 amide bonds. The van der Waals surface area contributed by atoms with Crippen molar-refractivity contribution in [3.63, 3.8) is 0 Å². The first-order valence-corrected chi connectivity index (χ1v) is 3.09. The molecule has 0 fully saturated rings. The molecular weight excluding hydrogens is 126 g/mol. The first-order valence-electron chi connectivity index (χ1n) is 1.03. The zero-order chi connectivity index (χ0) is 4.50. The van der Waals surface area contributed by atoms with Crippen molar-refractivity contribution in [2.45, 2.75) is 0 Å². The summed E-state index contributed by atoms with van der Waals surface area (Å²) in [4.78, 5) is 15.3. The van der Waals surface area contributed by atoms with Gasteiger partial charge in [0.25, 0.3) is 0 Å². The summed E-state index contributed by atoms with van der Waals surface area (Å²) in [6, 6.07) is 0. The van der Waals surface area contributed by atoms with Gasteiger partial charge in [-0.05, 0) is 0 Å². The molecule has 0 unspecified atom stereocenters. The van der Waals surface area contributed by atoms with E-state index in [2.05, 4.69) is 0 Å². The van der Waals surface area contributed by atoms with E-state index in [1.54, 1.807) is 0 Å². The average molecular weight is 134 g/mol. The number of rotatable bonds is 0. The van der Waals surface area contributed by atoms with Gasteiger partial charge in [-0.3, -0.25) is 4.57 Å². The summed E-state index contributed by atoms with van der Waals surface area (Å²) in [7, 11) is -3.64. The second-order valence-corrected chi connectivity index (χ2v) is 2.51. The van der Waals surface area contributed by atoms with Gasteiger partial charge in [0, 0.05) is 6.66 Å². The standard InChI is InChI=1S/CH5O3P.CH3.Na/c1-5(2,3)4;;/h1H3,(H2,2,3,4);1H3;/q;-1;+1. The quantitative estimate of drug-likeness (QED) is 0.214. The van der Waals surface area contributed by atoms with E-state index in [-0.39, 0.29) is 37.0 Å². The Morgan fingerprint density at radius 3 is 1.43 bits per heavy atom. The van der Waals surface area contributed by atoms with Gasteiger partial charge in [0.1, 0.15) is 0 Å². The van der Waals surface area contributed by atoms with Crippen molar-refractivity contribution in [1.29, 1.82) is 0 Å². The minimum absolute atomic E-state index is 0. The van der Waals surface area contributed by atoms with Crippen LogP contribution >= 0.6 is 7.60 Å². The van der Waals surface area contributed by atoms with Crippen molar-refractivity contribution < 1.29 is 43.9 Å². The molecule has 0 aliphatic heterocycles. The van der Waals surface area contributed by atoms with E-state index >= 15 is 0 Å². The van der Waals surface area contributed by atoms with Crippen LogP contribution in [0.25, 0.3) is 0 Å². The van der Waals surface area contributed by atoms with Crippen molar-refractivity contribution in [1.82, 2.24) is 0 Å². The maximum atomic E-state index is 9.33. The molecule has 0 aliphatic rings. The summed E-state index contributed by atoms with van der Waals surface area (Å²) in [5.41, 5.74) is 0. The van der Waals surface area contributed by atoms with Gasteiger partial charge in [-0.25, -0.2) is 0 Å². The van der Waals surface area contributed by atoms with Gasteiger partial charge in [-0.15, -0.1) is 0 Å². The predicted octanol–water partition coefficient (Wildman–Crippen LogP) is -2.75. The predicted molar refractivity (Wildman–Crippen MR) is 24.4 cm³/mol. The van der Waals surface area contributed by atoms with E-state index in [1.165, 1.54) is 0 Å². The number of hydrogen-bond donors (Lipinski definition) is 2. The van der Waals surface area contributed by atoms with Crippen molar-refractivity contribution in [2.75, 3.05) is 6.66 Å². The van der Waals surface area contributed by atoms with Crippen LogP contribution in [0.15, 0.2) is 0 Å². The molecular formula is C2H8NaO3P. The van der Waals surface area contributed by atoms with Crippen molar-refractivity contribution in [2.24, 2.45) is 0 Å². The first-order chi connectivity index (χ1) is 2.00. The van der Waals surface area contributed by atoms with Crippen LogP contribution in [-0.2, 0) is 4.57 Å². The molecule has 0 saturated carbocycles. The van der Waals surface area contributed by atoms with E-state index < -0.39 is 7.60 Å². The normalized spacial score (nSPS) is 8.43. The Hall–Kier alpha value is 1.15. The maximum Gasteiger partial charge on any atom is 1.00 e. The van der Waals surface area contributed by atoms with E-state index in [0.29, 0.717) is 0 Å². The molecule has 0 atom stereocenters. The van der Waals surface area contributed by atoms with Crippen LogP contribution in [0, 0.1) is 7.43 Å². The van der Waals surface area contributed by atoms with Crippen molar-refractivity contribution in [3.05, 3.63) is 7.43 Å². The molecule has 0 radical (unpaired) electrons. The molecule has 0 aliphatic carbocycles. The van der Waals surface area contributed by atoms with Gasteiger partial charge in [-0.1, -0.05) is 0 Å². The largest absolute Gasteiger partial charge is 1.00 e. The maximum absolute atomic E-state index is 9.33. The SMILES string of the molecule is CP(=O)(O)O.[CH3-].[Na+]. The summed E-state index contributed by atoms with van der Waals surface area (Å²) >= 11 is 0. The molecule has 0 saturated heterocycles. The van der Waals surface area contributed by atoms with Crippen LogP contribution in [-0.4, -0.2) is 16.5 Å². The molecule has 0 spiro atoms.